The Morgan fingerprint density at radius 1 is 1.32 bits per heavy atom. The van der Waals surface area contributed by atoms with Gasteiger partial charge in [0.05, 0.1) is 5.92 Å². The molecule has 2 unspecified atom stereocenters. The molecule has 102 valence electrons. The number of carboxylic acids is 1. The van der Waals surface area contributed by atoms with Gasteiger partial charge in [0.2, 0.25) is 5.91 Å². The minimum Gasteiger partial charge on any atom is -0.481 e. The van der Waals surface area contributed by atoms with E-state index in [0.717, 1.165) is 12.8 Å². The third kappa shape index (κ3) is 3.67. The summed E-state index contributed by atoms with van der Waals surface area (Å²) >= 11 is 5.74. The first-order valence-electron chi connectivity index (χ1n) is 6.22. The van der Waals surface area contributed by atoms with E-state index in [1.54, 1.807) is 18.2 Å². The molecule has 2 atom stereocenters. The third-order valence-electron chi connectivity index (χ3n) is 3.36. The summed E-state index contributed by atoms with van der Waals surface area (Å²) in [5, 5.41) is 12.0. The van der Waals surface area contributed by atoms with Gasteiger partial charge in [-0.3, -0.25) is 9.59 Å². The lowest BCUT2D eigenvalue weighted by Crippen LogP contribution is -2.31. The van der Waals surface area contributed by atoms with Gasteiger partial charge in [0, 0.05) is 5.92 Å². The highest BCUT2D eigenvalue weighted by molar-refractivity contribution is 6.29. The maximum atomic E-state index is 12.1. The molecule has 1 aromatic heterocycles. The van der Waals surface area contributed by atoms with Crippen molar-refractivity contribution in [2.24, 2.45) is 11.8 Å². The van der Waals surface area contributed by atoms with E-state index in [4.69, 9.17) is 16.7 Å². The van der Waals surface area contributed by atoms with Crippen LogP contribution in [-0.2, 0) is 9.59 Å². The number of halogens is 1. The number of hydrogen-bond acceptors (Lipinski definition) is 3. The molecular formula is C13H15ClN2O3. The Hall–Kier alpha value is -1.62. The van der Waals surface area contributed by atoms with Crippen LogP contribution in [0.2, 0.25) is 5.15 Å². The van der Waals surface area contributed by atoms with E-state index in [9.17, 15) is 9.59 Å². The Bertz CT molecular complexity index is 493. The predicted octanol–water partition coefficient (Wildman–Crippen LogP) is 2.56. The number of nitrogens with one attached hydrogen (secondary N) is 1. The van der Waals surface area contributed by atoms with Gasteiger partial charge >= 0.3 is 5.97 Å². The lowest BCUT2D eigenvalue weighted by molar-refractivity contribution is -0.143. The van der Waals surface area contributed by atoms with Crippen LogP contribution < -0.4 is 5.32 Å². The standard InChI is InChI=1S/C13H15ClN2O3/c14-10-5-2-6-11(15-10)16-12(17)8-3-1-4-9(7-8)13(18)19/h2,5-6,8-9H,1,3-4,7H2,(H,18,19)(H,15,16,17). The van der Waals surface area contributed by atoms with Crippen molar-refractivity contribution in [3.8, 4) is 0 Å². The summed E-state index contributed by atoms with van der Waals surface area (Å²) in [5.74, 6) is -1.29. The molecule has 5 nitrogen and oxygen atoms in total. The fourth-order valence-corrected chi connectivity index (χ4v) is 2.52. The van der Waals surface area contributed by atoms with E-state index in [2.05, 4.69) is 10.3 Å². The fraction of sp³-hybridized carbons (Fsp3) is 0.462. The average molecular weight is 283 g/mol. The molecule has 1 heterocycles. The average Bonchev–Trinajstić information content (AvgIpc) is 2.39. The number of carbonyl (C=O) groups is 2. The quantitative estimate of drug-likeness (QED) is 0.835. The second-order valence-electron chi connectivity index (χ2n) is 4.73. The molecule has 1 aliphatic carbocycles. The van der Waals surface area contributed by atoms with Gasteiger partial charge in [-0.25, -0.2) is 4.98 Å². The number of aromatic nitrogens is 1. The van der Waals surface area contributed by atoms with Crippen LogP contribution in [0, 0.1) is 11.8 Å². The summed E-state index contributed by atoms with van der Waals surface area (Å²) in [4.78, 5) is 27.0. The van der Waals surface area contributed by atoms with E-state index in [0.29, 0.717) is 23.8 Å². The molecule has 2 rings (SSSR count). The molecule has 1 aromatic rings. The Balaban J connectivity index is 1.98. The summed E-state index contributed by atoms with van der Waals surface area (Å²) in [5.41, 5.74) is 0. The summed E-state index contributed by atoms with van der Waals surface area (Å²) in [6.45, 7) is 0. The lowest BCUT2D eigenvalue weighted by Gasteiger charge is -2.25. The van der Waals surface area contributed by atoms with Crippen LogP contribution in [-0.4, -0.2) is 22.0 Å². The predicted molar refractivity (Wildman–Crippen MR) is 71.0 cm³/mol. The minimum atomic E-state index is -0.821. The van der Waals surface area contributed by atoms with Gasteiger partial charge in [0.1, 0.15) is 11.0 Å². The zero-order valence-electron chi connectivity index (χ0n) is 10.3. The first kappa shape index (κ1) is 13.8. The van der Waals surface area contributed by atoms with Crippen molar-refractivity contribution < 1.29 is 14.7 Å². The first-order valence-corrected chi connectivity index (χ1v) is 6.60. The van der Waals surface area contributed by atoms with Gasteiger partial charge in [-0.05, 0) is 31.4 Å². The van der Waals surface area contributed by atoms with Crippen LogP contribution in [0.3, 0.4) is 0 Å². The molecule has 0 radical (unpaired) electrons. The molecular weight excluding hydrogens is 268 g/mol. The molecule has 6 heteroatoms. The van der Waals surface area contributed by atoms with Gasteiger partial charge in [-0.1, -0.05) is 24.1 Å². The molecule has 0 spiro atoms. The van der Waals surface area contributed by atoms with Crippen LogP contribution in [0.4, 0.5) is 5.82 Å². The SMILES string of the molecule is O=C(O)C1CCCC(C(=O)Nc2cccc(Cl)n2)C1. The smallest absolute Gasteiger partial charge is 0.306 e. The second kappa shape index (κ2) is 6.02. The molecule has 1 fully saturated rings. The molecule has 1 amide bonds. The van der Waals surface area contributed by atoms with Crippen molar-refractivity contribution in [3.05, 3.63) is 23.4 Å². The second-order valence-corrected chi connectivity index (χ2v) is 5.12. The Labute approximate surface area is 116 Å². The fourth-order valence-electron chi connectivity index (χ4n) is 2.36. The van der Waals surface area contributed by atoms with E-state index >= 15 is 0 Å². The van der Waals surface area contributed by atoms with Crippen LogP contribution in [0.1, 0.15) is 25.7 Å². The Morgan fingerprint density at radius 2 is 2.05 bits per heavy atom. The Kier molecular flexibility index (Phi) is 4.37. The van der Waals surface area contributed by atoms with Crippen molar-refractivity contribution in [2.45, 2.75) is 25.7 Å². The number of carbonyl (C=O) groups excluding carboxylic acids is 1. The van der Waals surface area contributed by atoms with Gasteiger partial charge in [0.25, 0.3) is 0 Å². The van der Waals surface area contributed by atoms with Crippen molar-refractivity contribution >= 4 is 29.3 Å². The van der Waals surface area contributed by atoms with Crippen LogP contribution in [0.5, 0.6) is 0 Å². The molecule has 0 aromatic carbocycles. The molecule has 0 aliphatic heterocycles. The van der Waals surface area contributed by atoms with Gasteiger partial charge in [-0.2, -0.15) is 0 Å². The molecule has 2 N–H and O–H groups in total. The van der Waals surface area contributed by atoms with Crippen LogP contribution >= 0.6 is 11.6 Å². The molecule has 19 heavy (non-hydrogen) atoms. The molecule has 1 aliphatic rings. The normalized spacial score (nSPS) is 22.8. The van der Waals surface area contributed by atoms with E-state index in [-0.39, 0.29) is 11.8 Å². The van der Waals surface area contributed by atoms with Crippen molar-refractivity contribution in [2.75, 3.05) is 5.32 Å². The maximum Gasteiger partial charge on any atom is 0.306 e. The van der Waals surface area contributed by atoms with Crippen molar-refractivity contribution in [1.29, 1.82) is 0 Å². The third-order valence-corrected chi connectivity index (χ3v) is 3.57. The van der Waals surface area contributed by atoms with Crippen molar-refractivity contribution in [3.63, 3.8) is 0 Å². The summed E-state index contributed by atoms with van der Waals surface area (Å²) < 4.78 is 0. The lowest BCUT2D eigenvalue weighted by atomic mass is 9.81. The molecule has 0 saturated heterocycles. The maximum absolute atomic E-state index is 12.1. The first-order chi connectivity index (χ1) is 9.06. The number of hydrogen-bond donors (Lipinski definition) is 2. The number of anilines is 1. The largest absolute Gasteiger partial charge is 0.481 e. The summed E-state index contributed by atoms with van der Waals surface area (Å²) in [7, 11) is 0. The number of nitrogens with zero attached hydrogens (tertiary/aromatic N) is 1. The number of carboxylic acid groups (broad SMARTS) is 1. The zero-order valence-corrected chi connectivity index (χ0v) is 11.1. The monoisotopic (exact) mass is 282 g/mol. The van der Waals surface area contributed by atoms with E-state index in [1.165, 1.54) is 0 Å². The molecule has 0 bridgehead atoms. The zero-order chi connectivity index (χ0) is 13.8. The van der Waals surface area contributed by atoms with E-state index < -0.39 is 11.9 Å². The number of amides is 1. The van der Waals surface area contributed by atoms with Crippen LogP contribution in [0.25, 0.3) is 0 Å². The van der Waals surface area contributed by atoms with Gasteiger partial charge in [0.15, 0.2) is 0 Å². The van der Waals surface area contributed by atoms with Crippen LogP contribution in [0.15, 0.2) is 18.2 Å². The minimum absolute atomic E-state index is 0.180. The highest BCUT2D eigenvalue weighted by Crippen LogP contribution is 2.30. The van der Waals surface area contributed by atoms with Crippen molar-refractivity contribution in [1.82, 2.24) is 4.98 Å². The van der Waals surface area contributed by atoms with E-state index in [1.807, 2.05) is 0 Å². The summed E-state index contributed by atoms with van der Waals surface area (Å²) in [6.07, 6.45) is 2.52. The van der Waals surface area contributed by atoms with Gasteiger partial charge < -0.3 is 10.4 Å². The van der Waals surface area contributed by atoms with Gasteiger partial charge in [-0.15, -0.1) is 0 Å². The molecule has 1 saturated carbocycles. The topological polar surface area (TPSA) is 79.3 Å². The summed E-state index contributed by atoms with van der Waals surface area (Å²) in [6, 6.07) is 4.98. The Morgan fingerprint density at radius 3 is 2.74 bits per heavy atom. The number of pyridine rings is 1. The highest BCUT2D eigenvalue weighted by Gasteiger charge is 2.31. The highest BCUT2D eigenvalue weighted by atomic mass is 35.5. The number of rotatable bonds is 3. The number of aliphatic carboxylic acids is 1.